The second kappa shape index (κ2) is 7.48. The number of aliphatic hydroxyl groups is 1. The molecule has 0 unspecified atom stereocenters. The van der Waals surface area contributed by atoms with Crippen LogP contribution in [0.2, 0.25) is 0 Å². The number of benzene rings is 1. The molecule has 0 radical (unpaired) electrons. The molecule has 1 aromatic carbocycles. The molecule has 0 fully saturated rings. The van der Waals surface area contributed by atoms with Gasteiger partial charge in [0.15, 0.2) is 5.65 Å². The number of halogens is 2. The molecule has 0 aliphatic heterocycles. The minimum absolute atomic E-state index is 0.256. The van der Waals surface area contributed by atoms with Crippen LogP contribution in [0.4, 0.5) is 8.78 Å². The minimum Gasteiger partial charge on any atom is -0.390 e. The van der Waals surface area contributed by atoms with Crippen molar-refractivity contribution < 1.29 is 22.3 Å². The summed E-state index contributed by atoms with van der Waals surface area (Å²) in [5.74, 6) is -2.29. The Morgan fingerprint density at radius 3 is 2.42 bits per heavy atom. The van der Waals surface area contributed by atoms with Crippen LogP contribution in [0.15, 0.2) is 40.2 Å². The van der Waals surface area contributed by atoms with Gasteiger partial charge in [-0.25, -0.2) is 37.1 Å². The number of hydrogen-bond acceptors (Lipinski definition) is 6. The third-order valence-electron chi connectivity index (χ3n) is 5.00. The van der Waals surface area contributed by atoms with Crippen LogP contribution in [0.5, 0.6) is 0 Å². The lowest BCUT2D eigenvalue weighted by atomic mass is 10.2. The van der Waals surface area contributed by atoms with Gasteiger partial charge in [-0.05, 0) is 31.2 Å². The molecule has 4 rings (SSSR count). The van der Waals surface area contributed by atoms with E-state index in [0.29, 0.717) is 34.2 Å². The van der Waals surface area contributed by atoms with Crippen LogP contribution in [-0.4, -0.2) is 32.6 Å². The summed E-state index contributed by atoms with van der Waals surface area (Å²) in [6.07, 6.45) is 1.43. The summed E-state index contributed by atoms with van der Waals surface area (Å²) in [7, 11) is -4.31. The summed E-state index contributed by atoms with van der Waals surface area (Å²) in [5, 5.41) is 14.7. The molecule has 31 heavy (non-hydrogen) atoms. The van der Waals surface area contributed by atoms with Crippen molar-refractivity contribution in [1.82, 2.24) is 19.1 Å². The van der Waals surface area contributed by atoms with Crippen molar-refractivity contribution in [2.24, 2.45) is 5.14 Å². The zero-order chi connectivity index (χ0) is 22.5. The third kappa shape index (κ3) is 3.48. The second-order valence-corrected chi connectivity index (χ2v) is 8.41. The molecule has 162 valence electrons. The molecule has 0 saturated carbocycles. The van der Waals surface area contributed by atoms with Crippen LogP contribution < -0.4 is 10.8 Å². The average Bonchev–Trinajstić information content (AvgIpc) is 3.00. The van der Waals surface area contributed by atoms with Gasteiger partial charge in [0.1, 0.15) is 11.6 Å². The highest BCUT2D eigenvalue weighted by atomic mass is 32.2. The lowest BCUT2D eigenvalue weighted by molar-refractivity contribution is 0.277. The maximum atomic E-state index is 14.6. The molecule has 4 aromatic rings. The number of pyridine rings is 2. The Morgan fingerprint density at radius 2 is 1.84 bits per heavy atom. The first-order valence-corrected chi connectivity index (χ1v) is 10.7. The van der Waals surface area contributed by atoms with Gasteiger partial charge in [0.05, 0.1) is 41.0 Å². The molecule has 12 heteroatoms. The number of sulfonamides is 1. The summed E-state index contributed by atoms with van der Waals surface area (Å²) >= 11 is 0. The van der Waals surface area contributed by atoms with Gasteiger partial charge in [-0.15, -0.1) is 0 Å². The Bertz CT molecular complexity index is 1490. The highest BCUT2D eigenvalue weighted by Gasteiger charge is 2.21. The maximum absolute atomic E-state index is 14.6. The summed E-state index contributed by atoms with van der Waals surface area (Å²) in [6.45, 7) is 1.23. The number of fused-ring (bicyclic) bond motifs is 3. The molecule has 0 bridgehead atoms. The first kappa shape index (κ1) is 21.0. The summed E-state index contributed by atoms with van der Waals surface area (Å²) in [4.78, 5) is 20.8. The van der Waals surface area contributed by atoms with Crippen molar-refractivity contribution in [1.29, 1.82) is 0 Å². The molecular weight excluding hydrogens is 432 g/mol. The first-order valence-electron chi connectivity index (χ1n) is 9.15. The van der Waals surface area contributed by atoms with Crippen molar-refractivity contribution in [3.63, 3.8) is 0 Å². The maximum Gasteiger partial charge on any atom is 0.329 e. The van der Waals surface area contributed by atoms with Crippen LogP contribution in [-0.2, 0) is 29.7 Å². The molecule has 0 amide bonds. The van der Waals surface area contributed by atoms with E-state index in [4.69, 9.17) is 5.14 Å². The lowest BCUT2D eigenvalue weighted by Crippen LogP contribution is -2.25. The molecule has 3 N–H and O–H groups in total. The summed E-state index contributed by atoms with van der Waals surface area (Å²) in [5.41, 5.74) is 0.427. The number of aryl methyl sites for hydroxylation is 1. The number of nitrogens with two attached hydrogens (primary N) is 1. The van der Waals surface area contributed by atoms with Crippen LogP contribution in [0, 0.1) is 11.6 Å². The monoisotopic (exact) mass is 449 g/mol. The number of rotatable bonds is 5. The highest BCUT2D eigenvalue weighted by molar-refractivity contribution is 7.89. The molecule has 0 atom stereocenters. The number of nitrogens with zero attached hydrogens (tertiary/aromatic N) is 4. The van der Waals surface area contributed by atoms with Gasteiger partial charge in [0.2, 0.25) is 10.0 Å². The van der Waals surface area contributed by atoms with E-state index in [1.165, 1.54) is 15.3 Å². The predicted molar refractivity (Wildman–Crippen MR) is 108 cm³/mol. The Balaban J connectivity index is 1.99. The fourth-order valence-electron chi connectivity index (χ4n) is 3.51. The standard InChI is InChI=1S/C19H17F2N5O4S/c1-2-25-16-7-23-18-12(4-3-10(9-27)24-18)17(16)26(19(25)28)8-13-14(20)5-11(6-15(13)21)31(22,29)30/h3-7,27H,2,8-9H2,1H3,(H2,22,29,30). The molecular formula is C19H17F2N5O4S. The van der Waals surface area contributed by atoms with Gasteiger partial charge < -0.3 is 5.11 Å². The van der Waals surface area contributed by atoms with Gasteiger partial charge in [0, 0.05) is 17.5 Å². The molecule has 0 saturated heterocycles. The van der Waals surface area contributed by atoms with Crippen LogP contribution >= 0.6 is 0 Å². The molecule has 3 aromatic heterocycles. The topological polar surface area (TPSA) is 133 Å². The number of hydrogen-bond donors (Lipinski definition) is 2. The quantitative estimate of drug-likeness (QED) is 0.471. The van der Waals surface area contributed by atoms with E-state index in [1.54, 1.807) is 19.1 Å². The van der Waals surface area contributed by atoms with Gasteiger partial charge in [-0.2, -0.15) is 0 Å². The summed E-state index contributed by atoms with van der Waals surface area (Å²) in [6, 6.07) is 4.42. The second-order valence-electron chi connectivity index (χ2n) is 6.85. The van der Waals surface area contributed by atoms with E-state index in [0.717, 1.165) is 0 Å². The van der Waals surface area contributed by atoms with Gasteiger partial charge in [-0.1, -0.05) is 0 Å². The van der Waals surface area contributed by atoms with Gasteiger partial charge in [-0.3, -0.25) is 9.13 Å². The first-order chi connectivity index (χ1) is 14.7. The molecule has 0 aliphatic carbocycles. The lowest BCUT2D eigenvalue weighted by Gasteiger charge is -2.10. The number of imidazole rings is 1. The van der Waals surface area contributed by atoms with Gasteiger partial charge in [0.25, 0.3) is 0 Å². The van der Waals surface area contributed by atoms with E-state index in [-0.39, 0.29) is 18.8 Å². The van der Waals surface area contributed by atoms with E-state index < -0.39 is 44.4 Å². The van der Waals surface area contributed by atoms with E-state index in [2.05, 4.69) is 9.97 Å². The van der Waals surface area contributed by atoms with E-state index >= 15 is 0 Å². The smallest absolute Gasteiger partial charge is 0.329 e. The van der Waals surface area contributed by atoms with Gasteiger partial charge >= 0.3 is 5.69 Å². The Morgan fingerprint density at radius 1 is 1.16 bits per heavy atom. The normalized spacial score (nSPS) is 12.2. The summed E-state index contributed by atoms with van der Waals surface area (Å²) < 4.78 is 54.7. The van der Waals surface area contributed by atoms with Crippen LogP contribution in [0.3, 0.4) is 0 Å². The predicted octanol–water partition coefficient (Wildman–Crippen LogP) is 1.23. The Labute approximate surface area is 174 Å². The third-order valence-corrected chi connectivity index (χ3v) is 5.89. The zero-order valence-corrected chi connectivity index (χ0v) is 17.0. The van der Waals surface area contributed by atoms with E-state index in [1.807, 2.05) is 0 Å². The molecule has 0 spiro atoms. The van der Waals surface area contributed by atoms with Crippen molar-refractivity contribution >= 4 is 32.1 Å². The minimum atomic E-state index is -4.31. The average molecular weight is 449 g/mol. The van der Waals surface area contributed by atoms with Crippen molar-refractivity contribution in [3.8, 4) is 0 Å². The van der Waals surface area contributed by atoms with E-state index in [9.17, 15) is 27.1 Å². The molecule has 9 nitrogen and oxygen atoms in total. The molecule has 3 heterocycles. The SMILES string of the molecule is CCn1c(=O)n(Cc2c(F)cc(S(N)(=O)=O)cc2F)c2c3ccc(CO)nc3ncc21. The fraction of sp³-hybridized carbons (Fsp3) is 0.211. The van der Waals surface area contributed by atoms with Crippen LogP contribution in [0.1, 0.15) is 18.2 Å². The Kier molecular flexibility index (Phi) is 5.07. The largest absolute Gasteiger partial charge is 0.390 e. The number of aromatic nitrogens is 4. The molecule has 0 aliphatic rings. The van der Waals surface area contributed by atoms with Crippen molar-refractivity contribution in [2.45, 2.75) is 31.5 Å². The van der Waals surface area contributed by atoms with Crippen molar-refractivity contribution in [3.05, 3.63) is 63.8 Å². The van der Waals surface area contributed by atoms with Crippen molar-refractivity contribution in [2.75, 3.05) is 0 Å². The van der Waals surface area contributed by atoms with Crippen LogP contribution in [0.25, 0.3) is 22.1 Å². The Hall–Kier alpha value is -3.22. The fourth-order valence-corrected chi connectivity index (χ4v) is 4.05. The highest BCUT2D eigenvalue weighted by Crippen LogP contribution is 2.25. The zero-order valence-electron chi connectivity index (χ0n) is 16.2. The number of aliphatic hydroxyl groups excluding tert-OH is 1. The number of primary sulfonamides is 1.